The molecule has 20 heavy (non-hydrogen) atoms. The molecule has 1 aromatic heterocycles. The maximum Gasteiger partial charge on any atom is 0.129 e. The quantitative estimate of drug-likeness (QED) is 0.900. The Balaban J connectivity index is 2.46. The summed E-state index contributed by atoms with van der Waals surface area (Å²) in [5.41, 5.74) is -2.02. The van der Waals surface area contributed by atoms with Crippen LogP contribution in [0.25, 0.3) is 0 Å². The average Bonchev–Trinajstić information content (AvgIpc) is 2.40. The predicted octanol–water partition coefficient (Wildman–Crippen LogP) is 3.06. The smallest absolute Gasteiger partial charge is 0.129 e. The van der Waals surface area contributed by atoms with Crippen molar-refractivity contribution in [3.05, 3.63) is 63.9 Å². The van der Waals surface area contributed by atoms with E-state index >= 15 is 0 Å². The number of hydrogen-bond acceptors (Lipinski definition) is 3. The summed E-state index contributed by atoms with van der Waals surface area (Å²) in [6.07, 6.45) is 1.40. The van der Waals surface area contributed by atoms with Gasteiger partial charge in [0.1, 0.15) is 23.3 Å². The summed E-state index contributed by atoms with van der Waals surface area (Å²) in [7, 11) is 0. The lowest BCUT2D eigenvalue weighted by molar-refractivity contribution is -0.0715. The lowest BCUT2D eigenvalue weighted by atomic mass is 9.86. The third-order valence-corrected chi connectivity index (χ3v) is 3.48. The Bertz CT molecular complexity index is 634. The first-order chi connectivity index (χ1) is 9.32. The highest BCUT2D eigenvalue weighted by Gasteiger charge is 2.36. The number of aliphatic hydroxyl groups is 2. The number of benzene rings is 1. The van der Waals surface area contributed by atoms with Crippen molar-refractivity contribution in [2.45, 2.75) is 18.6 Å². The van der Waals surface area contributed by atoms with Gasteiger partial charge >= 0.3 is 0 Å². The topological polar surface area (TPSA) is 53.4 Å². The summed E-state index contributed by atoms with van der Waals surface area (Å²) in [6, 6.07) is 4.26. The van der Waals surface area contributed by atoms with E-state index in [4.69, 9.17) is 0 Å². The Labute approximate surface area is 123 Å². The molecular weight excluding hydrogens is 332 g/mol. The molecule has 0 spiro atoms. The molecule has 0 saturated heterocycles. The molecule has 1 heterocycles. The van der Waals surface area contributed by atoms with E-state index in [2.05, 4.69) is 20.9 Å². The van der Waals surface area contributed by atoms with Crippen molar-refractivity contribution in [3.63, 3.8) is 0 Å². The van der Waals surface area contributed by atoms with Gasteiger partial charge in [0.15, 0.2) is 0 Å². The molecular formula is C14H12BrF2NO2. The average molecular weight is 344 g/mol. The predicted molar refractivity (Wildman–Crippen MR) is 72.8 cm³/mol. The van der Waals surface area contributed by atoms with E-state index in [1.165, 1.54) is 19.3 Å². The SMILES string of the molecule is C[C@@](O)(c1cc(F)ccc1F)C(O)c1cncc(Br)c1. The van der Waals surface area contributed by atoms with Crippen LogP contribution >= 0.6 is 15.9 Å². The number of nitrogens with zero attached hydrogens (tertiary/aromatic N) is 1. The van der Waals surface area contributed by atoms with Crippen LogP contribution < -0.4 is 0 Å². The Morgan fingerprint density at radius 2 is 1.95 bits per heavy atom. The second-order valence-corrected chi connectivity index (χ2v) is 5.53. The molecule has 2 N–H and O–H groups in total. The number of hydrogen-bond donors (Lipinski definition) is 2. The van der Waals surface area contributed by atoms with E-state index < -0.39 is 23.3 Å². The van der Waals surface area contributed by atoms with E-state index in [-0.39, 0.29) is 11.1 Å². The molecule has 0 fully saturated rings. The number of rotatable bonds is 3. The Kier molecular flexibility index (Phi) is 4.17. The van der Waals surface area contributed by atoms with Gasteiger partial charge in [0, 0.05) is 28.0 Å². The number of aromatic nitrogens is 1. The summed E-state index contributed by atoms with van der Waals surface area (Å²) in [6.45, 7) is 1.22. The van der Waals surface area contributed by atoms with Gasteiger partial charge in [0.2, 0.25) is 0 Å². The van der Waals surface area contributed by atoms with Crippen LogP contribution in [-0.2, 0) is 5.60 Å². The molecule has 106 valence electrons. The molecule has 1 aromatic carbocycles. The number of aliphatic hydroxyl groups excluding tert-OH is 1. The van der Waals surface area contributed by atoms with E-state index in [0.717, 1.165) is 18.2 Å². The summed E-state index contributed by atoms with van der Waals surface area (Å²) in [5, 5.41) is 20.6. The Morgan fingerprint density at radius 1 is 1.25 bits per heavy atom. The van der Waals surface area contributed by atoms with E-state index in [1.54, 1.807) is 6.07 Å². The maximum absolute atomic E-state index is 13.8. The Morgan fingerprint density at radius 3 is 2.60 bits per heavy atom. The van der Waals surface area contributed by atoms with Gasteiger partial charge in [-0.3, -0.25) is 4.98 Å². The van der Waals surface area contributed by atoms with Crippen LogP contribution in [0, 0.1) is 11.6 Å². The van der Waals surface area contributed by atoms with Crippen LogP contribution in [0.3, 0.4) is 0 Å². The zero-order valence-corrected chi connectivity index (χ0v) is 12.1. The van der Waals surface area contributed by atoms with Crippen LogP contribution in [0.5, 0.6) is 0 Å². The number of halogens is 3. The van der Waals surface area contributed by atoms with Gasteiger partial charge in [-0.25, -0.2) is 8.78 Å². The molecule has 1 unspecified atom stereocenters. The van der Waals surface area contributed by atoms with Crippen LogP contribution in [0.4, 0.5) is 8.78 Å². The lowest BCUT2D eigenvalue weighted by Gasteiger charge is -2.30. The third-order valence-electron chi connectivity index (χ3n) is 3.05. The van der Waals surface area contributed by atoms with Gasteiger partial charge in [0.25, 0.3) is 0 Å². The molecule has 0 aliphatic carbocycles. The molecule has 0 amide bonds. The van der Waals surface area contributed by atoms with E-state index in [9.17, 15) is 19.0 Å². The summed E-state index contributed by atoms with van der Waals surface area (Å²) in [5.74, 6) is -1.49. The van der Waals surface area contributed by atoms with E-state index in [0.29, 0.717) is 4.47 Å². The minimum Gasteiger partial charge on any atom is -0.385 e. The summed E-state index contributed by atoms with van der Waals surface area (Å²) in [4.78, 5) is 3.87. The molecule has 2 aromatic rings. The van der Waals surface area contributed by atoms with Crippen molar-refractivity contribution < 1.29 is 19.0 Å². The zero-order valence-electron chi connectivity index (χ0n) is 10.5. The van der Waals surface area contributed by atoms with Crippen LogP contribution in [0.15, 0.2) is 41.1 Å². The van der Waals surface area contributed by atoms with Crippen molar-refractivity contribution in [1.29, 1.82) is 0 Å². The first kappa shape index (κ1) is 15.0. The largest absolute Gasteiger partial charge is 0.385 e. The van der Waals surface area contributed by atoms with Crippen molar-refractivity contribution in [2.24, 2.45) is 0 Å². The fourth-order valence-corrected chi connectivity index (χ4v) is 2.32. The van der Waals surface area contributed by atoms with Crippen molar-refractivity contribution in [2.75, 3.05) is 0 Å². The molecule has 2 atom stereocenters. The zero-order chi connectivity index (χ0) is 14.9. The molecule has 0 saturated carbocycles. The molecule has 0 aliphatic rings. The highest BCUT2D eigenvalue weighted by Crippen LogP contribution is 2.36. The number of pyridine rings is 1. The third kappa shape index (κ3) is 2.87. The fraction of sp³-hybridized carbons (Fsp3) is 0.214. The molecule has 2 rings (SSSR count). The van der Waals surface area contributed by atoms with Gasteiger partial charge < -0.3 is 10.2 Å². The first-order valence-electron chi connectivity index (χ1n) is 5.79. The van der Waals surface area contributed by atoms with Gasteiger partial charge in [-0.1, -0.05) is 0 Å². The molecule has 6 heteroatoms. The molecule has 0 aliphatic heterocycles. The minimum atomic E-state index is -1.99. The molecule has 0 radical (unpaired) electrons. The highest BCUT2D eigenvalue weighted by atomic mass is 79.9. The lowest BCUT2D eigenvalue weighted by Crippen LogP contribution is -2.31. The standard InChI is InChI=1S/C14H12BrF2NO2/c1-14(20,11-5-10(16)2-3-12(11)17)13(19)8-4-9(15)7-18-6-8/h2-7,13,19-20H,1H3/t13?,14-/m1/s1. The van der Waals surface area contributed by atoms with Crippen molar-refractivity contribution in [1.82, 2.24) is 4.98 Å². The van der Waals surface area contributed by atoms with Crippen LogP contribution in [0.2, 0.25) is 0 Å². The maximum atomic E-state index is 13.8. The monoisotopic (exact) mass is 343 g/mol. The fourth-order valence-electron chi connectivity index (χ4n) is 1.94. The summed E-state index contributed by atoms with van der Waals surface area (Å²) >= 11 is 3.19. The van der Waals surface area contributed by atoms with Crippen LogP contribution in [-0.4, -0.2) is 15.2 Å². The second kappa shape index (κ2) is 5.55. The van der Waals surface area contributed by atoms with Gasteiger partial charge in [-0.05, 0) is 47.1 Å². The second-order valence-electron chi connectivity index (χ2n) is 4.61. The van der Waals surface area contributed by atoms with E-state index in [1.807, 2.05) is 0 Å². The Hall–Kier alpha value is -1.37. The van der Waals surface area contributed by atoms with Gasteiger partial charge in [-0.2, -0.15) is 0 Å². The minimum absolute atomic E-state index is 0.285. The van der Waals surface area contributed by atoms with Gasteiger partial charge in [-0.15, -0.1) is 0 Å². The van der Waals surface area contributed by atoms with Gasteiger partial charge in [0.05, 0.1) is 0 Å². The van der Waals surface area contributed by atoms with Crippen molar-refractivity contribution in [3.8, 4) is 0 Å². The molecule has 3 nitrogen and oxygen atoms in total. The summed E-state index contributed by atoms with van der Waals surface area (Å²) < 4.78 is 27.6. The highest BCUT2D eigenvalue weighted by molar-refractivity contribution is 9.10. The van der Waals surface area contributed by atoms with Crippen molar-refractivity contribution >= 4 is 15.9 Å². The van der Waals surface area contributed by atoms with Crippen LogP contribution in [0.1, 0.15) is 24.2 Å². The molecule has 0 bridgehead atoms. The normalized spacial score (nSPS) is 15.7. The first-order valence-corrected chi connectivity index (χ1v) is 6.58.